The highest BCUT2D eigenvalue weighted by Gasteiger charge is 2.44. The summed E-state index contributed by atoms with van der Waals surface area (Å²) in [6.45, 7) is 4.72. The molecule has 158 valence electrons. The van der Waals surface area contributed by atoms with Crippen LogP contribution in [0, 0.1) is 5.82 Å². The molecule has 0 aromatic carbocycles. The van der Waals surface area contributed by atoms with Gasteiger partial charge < -0.3 is 19.6 Å². The van der Waals surface area contributed by atoms with Crippen LogP contribution in [0.3, 0.4) is 0 Å². The SMILES string of the molecule is C=CCN1C(=O)CO[C@@H]2CN(C(=O)c3ccncc3F)C[C@H]21.O=C(O)C(F)(F)F. The number of likely N-dealkylation sites (tertiary alicyclic amines) is 1. The smallest absolute Gasteiger partial charge is 0.475 e. The van der Waals surface area contributed by atoms with Gasteiger partial charge >= 0.3 is 12.1 Å². The number of carboxylic acids is 1. The molecule has 29 heavy (non-hydrogen) atoms. The summed E-state index contributed by atoms with van der Waals surface area (Å²) in [6, 6.07) is 1.14. The molecule has 2 fully saturated rings. The number of carboxylic acid groups (broad SMARTS) is 1. The van der Waals surface area contributed by atoms with Crippen LogP contribution in [0.5, 0.6) is 0 Å². The third-order valence-corrected chi connectivity index (χ3v) is 4.24. The van der Waals surface area contributed by atoms with Gasteiger partial charge in [-0.25, -0.2) is 9.18 Å². The Morgan fingerprint density at radius 2 is 2.03 bits per heavy atom. The van der Waals surface area contributed by atoms with Crippen LogP contribution in [-0.4, -0.2) is 82.2 Å². The summed E-state index contributed by atoms with van der Waals surface area (Å²) in [6.07, 6.45) is -1.29. The number of pyridine rings is 1. The van der Waals surface area contributed by atoms with E-state index in [1.807, 2.05) is 0 Å². The number of hydrogen-bond acceptors (Lipinski definition) is 5. The van der Waals surface area contributed by atoms with Crippen molar-refractivity contribution in [1.82, 2.24) is 14.8 Å². The molecule has 1 aromatic rings. The first-order chi connectivity index (χ1) is 13.6. The second-order valence-electron chi connectivity index (χ2n) is 6.12. The number of rotatable bonds is 3. The third-order valence-electron chi connectivity index (χ3n) is 4.24. The number of ether oxygens (including phenoxy) is 1. The zero-order valence-electron chi connectivity index (χ0n) is 14.9. The minimum absolute atomic E-state index is 0.000650. The number of aromatic nitrogens is 1. The molecule has 2 aliphatic heterocycles. The molecule has 0 bridgehead atoms. The maximum absolute atomic E-state index is 13.7. The molecule has 3 heterocycles. The van der Waals surface area contributed by atoms with Crippen molar-refractivity contribution in [3.63, 3.8) is 0 Å². The van der Waals surface area contributed by atoms with Gasteiger partial charge in [0, 0.05) is 25.8 Å². The molecule has 0 radical (unpaired) electrons. The zero-order chi connectivity index (χ0) is 21.8. The normalized spacial score (nSPS) is 21.2. The maximum atomic E-state index is 13.7. The average molecular weight is 419 g/mol. The summed E-state index contributed by atoms with van der Waals surface area (Å²) < 4.78 is 51.0. The number of carbonyl (C=O) groups is 3. The van der Waals surface area contributed by atoms with Crippen molar-refractivity contribution in [3.8, 4) is 0 Å². The summed E-state index contributed by atoms with van der Waals surface area (Å²) in [5, 5.41) is 7.12. The van der Waals surface area contributed by atoms with Crippen LogP contribution in [0.2, 0.25) is 0 Å². The lowest BCUT2D eigenvalue weighted by molar-refractivity contribution is -0.192. The van der Waals surface area contributed by atoms with E-state index in [9.17, 15) is 27.2 Å². The van der Waals surface area contributed by atoms with E-state index in [1.54, 1.807) is 11.0 Å². The van der Waals surface area contributed by atoms with E-state index in [0.717, 1.165) is 6.20 Å². The number of nitrogens with zero attached hydrogens (tertiary/aromatic N) is 3. The first-order valence-electron chi connectivity index (χ1n) is 8.27. The molecule has 2 amide bonds. The molecule has 12 heteroatoms. The van der Waals surface area contributed by atoms with Gasteiger partial charge in [-0.15, -0.1) is 6.58 Å². The Kier molecular flexibility index (Phi) is 6.90. The first-order valence-corrected chi connectivity index (χ1v) is 8.27. The van der Waals surface area contributed by atoms with Crippen LogP contribution in [0.25, 0.3) is 0 Å². The second-order valence-corrected chi connectivity index (χ2v) is 6.12. The van der Waals surface area contributed by atoms with Gasteiger partial charge in [0.2, 0.25) is 5.91 Å². The van der Waals surface area contributed by atoms with Crippen LogP contribution >= 0.6 is 0 Å². The van der Waals surface area contributed by atoms with Crippen LogP contribution in [0.4, 0.5) is 17.6 Å². The van der Waals surface area contributed by atoms with Gasteiger partial charge in [-0.05, 0) is 6.07 Å². The lowest BCUT2D eigenvalue weighted by Gasteiger charge is -2.35. The molecule has 1 N–H and O–H groups in total. The lowest BCUT2D eigenvalue weighted by Crippen LogP contribution is -2.53. The molecule has 2 atom stereocenters. The van der Waals surface area contributed by atoms with Gasteiger partial charge in [0.25, 0.3) is 5.91 Å². The molecule has 3 rings (SSSR count). The Morgan fingerprint density at radius 1 is 1.38 bits per heavy atom. The third kappa shape index (κ3) is 5.28. The summed E-state index contributed by atoms with van der Waals surface area (Å²) in [5.41, 5.74) is -0.0183. The average Bonchev–Trinajstić information content (AvgIpc) is 3.08. The number of halogens is 4. The Morgan fingerprint density at radius 3 is 2.59 bits per heavy atom. The fourth-order valence-corrected chi connectivity index (χ4v) is 2.93. The molecule has 0 spiro atoms. The summed E-state index contributed by atoms with van der Waals surface area (Å²) >= 11 is 0. The fourth-order valence-electron chi connectivity index (χ4n) is 2.93. The fraction of sp³-hybridized carbons (Fsp3) is 0.412. The van der Waals surface area contributed by atoms with Crippen molar-refractivity contribution >= 4 is 17.8 Å². The minimum atomic E-state index is -5.08. The van der Waals surface area contributed by atoms with E-state index in [0.29, 0.717) is 19.6 Å². The van der Waals surface area contributed by atoms with Crippen molar-refractivity contribution in [2.75, 3.05) is 26.2 Å². The predicted molar refractivity (Wildman–Crippen MR) is 89.2 cm³/mol. The predicted octanol–water partition coefficient (Wildman–Crippen LogP) is 1.09. The quantitative estimate of drug-likeness (QED) is 0.582. The van der Waals surface area contributed by atoms with Crippen molar-refractivity contribution in [2.24, 2.45) is 0 Å². The topological polar surface area (TPSA) is 100 Å². The lowest BCUT2D eigenvalue weighted by atomic mass is 10.1. The molecular formula is C17H17F4N3O5. The van der Waals surface area contributed by atoms with E-state index >= 15 is 0 Å². The standard InChI is InChI=1S/C15H16FN3O3.C2HF3O2/c1-2-5-19-12-7-18(8-13(12)22-9-14(19)20)15(21)10-3-4-17-6-11(10)16;3-2(4,5)1(6)7/h2-4,6,12-13H,1,5,7-9H2;(H,6,7)/t12-,13-;/m1./s1. The minimum Gasteiger partial charge on any atom is -0.475 e. The van der Waals surface area contributed by atoms with Crippen molar-refractivity contribution < 1.29 is 41.8 Å². The second kappa shape index (κ2) is 8.99. The molecule has 1 aromatic heterocycles. The highest BCUT2D eigenvalue weighted by atomic mass is 19.4. The van der Waals surface area contributed by atoms with Crippen LogP contribution < -0.4 is 0 Å². The van der Waals surface area contributed by atoms with Gasteiger partial charge in [0.05, 0.1) is 23.9 Å². The number of aliphatic carboxylic acids is 1. The van der Waals surface area contributed by atoms with Crippen molar-refractivity contribution in [1.29, 1.82) is 0 Å². The van der Waals surface area contributed by atoms with E-state index in [2.05, 4.69) is 11.6 Å². The zero-order valence-corrected chi connectivity index (χ0v) is 14.9. The number of amides is 2. The van der Waals surface area contributed by atoms with E-state index in [-0.39, 0.29) is 30.2 Å². The summed E-state index contributed by atoms with van der Waals surface area (Å²) in [4.78, 5) is 40.1. The molecule has 2 aliphatic rings. The Hall–Kier alpha value is -3.02. The monoisotopic (exact) mass is 419 g/mol. The number of morpholine rings is 1. The van der Waals surface area contributed by atoms with Crippen LogP contribution in [-0.2, 0) is 14.3 Å². The molecule has 0 saturated carbocycles. The van der Waals surface area contributed by atoms with Crippen LogP contribution in [0.1, 0.15) is 10.4 Å². The van der Waals surface area contributed by atoms with Crippen molar-refractivity contribution in [3.05, 3.63) is 42.5 Å². The summed E-state index contributed by atoms with van der Waals surface area (Å²) in [5.74, 6) is -3.94. The molecule has 0 unspecified atom stereocenters. The van der Waals surface area contributed by atoms with Crippen molar-refractivity contribution in [2.45, 2.75) is 18.3 Å². The van der Waals surface area contributed by atoms with Gasteiger partial charge in [0.15, 0.2) is 5.82 Å². The maximum Gasteiger partial charge on any atom is 0.490 e. The van der Waals surface area contributed by atoms with Gasteiger partial charge in [0.1, 0.15) is 6.61 Å². The number of carbonyl (C=O) groups excluding carboxylic acids is 2. The molecule has 2 saturated heterocycles. The summed E-state index contributed by atoms with van der Waals surface area (Å²) in [7, 11) is 0. The molecule has 8 nitrogen and oxygen atoms in total. The van der Waals surface area contributed by atoms with E-state index in [1.165, 1.54) is 17.2 Å². The van der Waals surface area contributed by atoms with Crippen LogP contribution in [0.15, 0.2) is 31.1 Å². The first kappa shape index (κ1) is 22.3. The highest BCUT2D eigenvalue weighted by Crippen LogP contribution is 2.25. The molecule has 0 aliphatic carbocycles. The Balaban J connectivity index is 0.000000370. The Bertz CT molecular complexity index is 802. The van der Waals surface area contributed by atoms with Gasteiger partial charge in [-0.1, -0.05) is 6.08 Å². The van der Waals surface area contributed by atoms with Gasteiger partial charge in [-0.3, -0.25) is 14.6 Å². The highest BCUT2D eigenvalue weighted by molar-refractivity contribution is 5.94. The van der Waals surface area contributed by atoms with E-state index < -0.39 is 23.9 Å². The number of hydrogen-bond donors (Lipinski definition) is 1. The van der Waals surface area contributed by atoms with Gasteiger partial charge in [-0.2, -0.15) is 13.2 Å². The number of alkyl halides is 3. The largest absolute Gasteiger partial charge is 0.490 e. The number of fused-ring (bicyclic) bond motifs is 1. The molecular weight excluding hydrogens is 402 g/mol. The van der Waals surface area contributed by atoms with E-state index in [4.69, 9.17) is 14.6 Å². The Labute approximate surface area is 162 Å².